The fourth-order valence-corrected chi connectivity index (χ4v) is 2.92. The van der Waals surface area contributed by atoms with E-state index < -0.39 is 6.10 Å². The Balaban J connectivity index is 1.55. The smallest absolute Gasteiger partial charge is 0.129 e. The van der Waals surface area contributed by atoms with Crippen LogP contribution < -0.4 is 0 Å². The van der Waals surface area contributed by atoms with Crippen molar-refractivity contribution in [1.29, 1.82) is 0 Å². The van der Waals surface area contributed by atoms with Crippen LogP contribution in [0.3, 0.4) is 0 Å². The van der Waals surface area contributed by atoms with E-state index >= 15 is 0 Å². The molecule has 138 valence electrons. The molecule has 5 nitrogen and oxygen atoms in total. The molecule has 0 spiro atoms. The Morgan fingerprint density at radius 1 is 1.00 bits per heavy atom. The van der Waals surface area contributed by atoms with Crippen LogP contribution in [0.5, 0.6) is 0 Å². The van der Waals surface area contributed by atoms with Gasteiger partial charge in [0.2, 0.25) is 0 Å². The van der Waals surface area contributed by atoms with E-state index in [0.29, 0.717) is 19.7 Å². The summed E-state index contributed by atoms with van der Waals surface area (Å²) in [5.41, 5.74) is 2.43. The third kappa shape index (κ3) is 5.88. The summed E-state index contributed by atoms with van der Waals surface area (Å²) in [7, 11) is 0. The minimum Gasteiger partial charge on any atom is -0.468 e. The van der Waals surface area contributed by atoms with Gasteiger partial charge in [0, 0.05) is 13.1 Å². The van der Waals surface area contributed by atoms with Crippen molar-refractivity contribution in [3.05, 3.63) is 83.7 Å². The Morgan fingerprint density at radius 2 is 1.77 bits per heavy atom. The average molecular weight is 355 g/mol. The van der Waals surface area contributed by atoms with Crippen LogP contribution in [0.2, 0.25) is 0 Å². The standard InChI is InChI=1S/C21H25NO4/c1-17-5-2-6-18(11-17)12-22(14-20-7-3-9-25-20)13-19(23)15-24-16-21-8-4-10-26-21/h2-11,19,23H,12-16H2,1H3/t19-/m1/s1. The Kier molecular flexibility index (Phi) is 6.66. The molecule has 1 aromatic carbocycles. The fourth-order valence-electron chi connectivity index (χ4n) is 2.92. The second-order valence-electron chi connectivity index (χ2n) is 6.49. The quantitative estimate of drug-likeness (QED) is 0.600. The van der Waals surface area contributed by atoms with Crippen LogP contribution in [-0.4, -0.2) is 29.3 Å². The van der Waals surface area contributed by atoms with E-state index in [2.05, 4.69) is 36.1 Å². The van der Waals surface area contributed by atoms with E-state index in [4.69, 9.17) is 13.6 Å². The van der Waals surface area contributed by atoms with Gasteiger partial charge in [-0.1, -0.05) is 29.8 Å². The van der Waals surface area contributed by atoms with Crippen LogP contribution in [0.1, 0.15) is 22.6 Å². The molecule has 26 heavy (non-hydrogen) atoms. The largest absolute Gasteiger partial charge is 0.468 e. The molecule has 3 aromatic rings. The number of aliphatic hydroxyl groups excluding tert-OH is 1. The zero-order valence-corrected chi connectivity index (χ0v) is 15.0. The van der Waals surface area contributed by atoms with E-state index in [1.165, 1.54) is 11.1 Å². The van der Waals surface area contributed by atoms with Gasteiger partial charge < -0.3 is 18.7 Å². The highest BCUT2D eigenvalue weighted by atomic mass is 16.5. The summed E-state index contributed by atoms with van der Waals surface area (Å²) in [6.45, 7) is 4.56. The van der Waals surface area contributed by atoms with E-state index in [-0.39, 0.29) is 6.61 Å². The molecule has 0 saturated carbocycles. The van der Waals surface area contributed by atoms with Crippen molar-refractivity contribution in [2.75, 3.05) is 13.2 Å². The summed E-state index contributed by atoms with van der Waals surface area (Å²) < 4.78 is 16.2. The zero-order chi connectivity index (χ0) is 18.2. The number of aliphatic hydroxyl groups is 1. The van der Waals surface area contributed by atoms with Crippen molar-refractivity contribution in [3.63, 3.8) is 0 Å². The van der Waals surface area contributed by atoms with Crippen LogP contribution in [-0.2, 0) is 24.4 Å². The Labute approximate surface area is 153 Å². The molecule has 5 heteroatoms. The minimum atomic E-state index is -0.593. The summed E-state index contributed by atoms with van der Waals surface area (Å²) >= 11 is 0. The summed E-state index contributed by atoms with van der Waals surface area (Å²) in [6.07, 6.45) is 2.69. The van der Waals surface area contributed by atoms with Crippen molar-refractivity contribution in [2.24, 2.45) is 0 Å². The number of benzene rings is 1. The molecule has 0 saturated heterocycles. The first-order chi connectivity index (χ1) is 12.7. The maximum absolute atomic E-state index is 10.4. The summed E-state index contributed by atoms with van der Waals surface area (Å²) in [5, 5.41) is 10.4. The van der Waals surface area contributed by atoms with Crippen molar-refractivity contribution >= 4 is 0 Å². The fraction of sp³-hybridized carbons (Fsp3) is 0.333. The number of hydrogen-bond acceptors (Lipinski definition) is 5. The van der Waals surface area contributed by atoms with Crippen LogP contribution in [0.15, 0.2) is 69.9 Å². The number of rotatable bonds is 10. The summed E-state index contributed by atoms with van der Waals surface area (Å²) in [5.74, 6) is 1.63. The predicted molar refractivity (Wildman–Crippen MR) is 98.4 cm³/mol. The molecule has 0 unspecified atom stereocenters. The highest BCUT2D eigenvalue weighted by molar-refractivity contribution is 5.22. The molecule has 1 N–H and O–H groups in total. The number of furan rings is 2. The molecular weight excluding hydrogens is 330 g/mol. The monoisotopic (exact) mass is 355 g/mol. The Hall–Kier alpha value is -2.34. The molecule has 0 bridgehead atoms. The molecule has 0 aliphatic heterocycles. The van der Waals surface area contributed by atoms with E-state index in [9.17, 15) is 5.11 Å². The molecular formula is C21H25NO4. The van der Waals surface area contributed by atoms with Gasteiger partial charge in [0.25, 0.3) is 0 Å². The molecule has 1 atom stereocenters. The average Bonchev–Trinajstić information content (AvgIpc) is 3.28. The maximum Gasteiger partial charge on any atom is 0.129 e. The van der Waals surface area contributed by atoms with Gasteiger partial charge in [0.05, 0.1) is 31.8 Å². The van der Waals surface area contributed by atoms with Gasteiger partial charge in [0.1, 0.15) is 18.1 Å². The van der Waals surface area contributed by atoms with Gasteiger partial charge >= 0.3 is 0 Å². The lowest BCUT2D eigenvalue weighted by Crippen LogP contribution is -2.34. The van der Waals surface area contributed by atoms with E-state index in [1.807, 2.05) is 24.3 Å². The topological polar surface area (TPSA) is 59.0 Å². The SMILES string of the molecule is Cc1cccc(CN(Cc2ccco2)C[C@@H](O)COCc2ccco2)c1. The molecule has 0 radical (unpaired) electrons. The van der Waals surface area contributed by atoms with Crippen LogP contribution in [0.25, 0.3) is 0 Å². The summed E-state index contributed by atoms with van der Waals surface area (Å²) in [4.78, 5) is 2.16. The number of hydrogen-bond donors (Lipinski definition) is 1. The lowest BCUT2D eigenvalue weighted by Gasteiger charge is -2.24. The molecule has 0 fully saturated rings. The van der Waals surface area contributed by atoms with Gasteiger partial charge in [-0.3, -0.25) is 4.90 Å². The molecule has 3 rings (SSSR count). The van der Waals surface area contributed by atoms with Gasteiger partial charge in [0.15, 0.2) is 0 Å². The number of aryl methyl sites for hydroxylation is 1. The zero-order valence-electron chi connectivity index (χ0n) is 15.0. The van der Waals surface area contributed by atoms with Gasteiger partial charge in [-0.05, 0) is 36.8 Å². The van der Waals surface area contributed by atoms with Crippen LogP contribution in [0, 0.1) is 6.92 Å². The van der Waals surface area contributed by atoms with Crippen molar-refractivity contribution in [2.45, 2.75) is 32.7 Å². The molecule has 2 aromatic heterocycles. The van der Waals surface area contributed by atoms with Gasteiger partial charge in [-0.25, -0.2) is 0 Å². The lowest BCUT2D eigenvalue weighted by molar-refractivity contribution is 0.00163. The normalized spacial score (nSPS) is 12.6. The first-order valence-electron chi connectivity index (χ1n) is 8.77. The molecule has 0 aliphatic rings. The highest BCUT2D eigenvalue weighted by Gasteiger charge is 2.15. The van der Waals surface area contributed by atoms with Gasteiger partial charge in [-0.15, -0.1) is 0 Å². The van der Waals surface area contributed by atoms with Crippen molar-refractivity contribution < 1.29 is 18.7 Å². The van der Waals surface area contributed by atoms with E-state index in [0.717, 1.165) is 18.1 Å². The van der Waals surface area contributed by atoms with Crippen molar-refractivity contribution in [3.8, 4) is 0 Å². The third-order valence-corrected chi connectivity index (χ3v) is 4.05. The minimum absolute atomic E-state index is 0.253. The third-order valence-electron chi connectivity index (χ3n) is 4.05. The first-order valence-corrected chi connectivity index (χ1v) is 8.77. The summed E-state index contributed by atoms with van der Waals surface area (Å²) in [6, 6.07) is 15.9. The number of nitrogens with zero attached hydrogens (tertiary/aromatic N) is 1. The van der Waals surface area contributed by atoms with Crippen LogP contribution >= 0.6 is 0 Å². The van der Waals surface area contributed by atoms with Gasteiger partial charge in [-0.2, -0.15) is 0 Å². The first kappa shape index (κ1) is 18.5. The van der Waals surface area contributed by atoms with Crippen LogP contribution in [0.4, 0.5) is 0 Å². The highest BCUT2D eigenvalue weighted by Crippen LogP contribution is 2.13. The second-order valence-corrected chi connectivity index (χ2v) is 6.49. The lowest BCUT2D eigenvalue weighted by atomic mass is 10.1. The Bertz CT molecular complexity index is 752. The maximum atomic E-state index is 10.4. The Morgan fingerprint density at radius 3 is 2.46 bits per heavy atom. The van der Waals surface area contributed by atoms with Crippen molar-refractivity contribution in [1.82, 2.24) is 4.90 Å². The second kappa shape index (κ2) is 9.38. The number of ether oxygens (including phenoxy) is 1. The predicted octanol–water partition coefficient (Wildman–Crippen LogP) is 3.76. The molecule has 2 heterocycles. The van der Waals surface area contributed by atoms with E-state index in [1.54, 1.807) is 12.5 Å². The molecule has 0 aliphatic carbocycles. The molecule has 0 amide bonds.